The van der Waals surface area contributed by atoms with Gasteiger partial charge in [0.2, 0.25) is 11.9 Å². The lowest BCUT2D eigenvalue weighted by Crippen LogP contribution is -2.06. The van der Waals surface area contributed by atoms with E-state index >= 15 is 0 Å². The molecular weight excluding hydrogens is 138 g/mol. The minimum atomic E-state index is -0.145. The first-order valence-corrected chi connectivity index (χ1v) is 3.16. The van der Waals surface area contributed by atoms with Crippen molar-refractivity contribution in [3.63, 3.8) is 0 Å². The summed E-state index contributed by atoms with van der Waals surface area (Å²) >= 11 is 1.21. The van der Waals surface area contributed by atoms with Gasteiger partial charge in [-0.2, -0.15) is 4.37 Å². The fourth-order valence-corrected chi connectivity index (χ4v) is 0.770. The molecule has 0 aliphatic heterocycles. The lowest BCUT2D eigenvalue weighted by molar-refractivity contribution is -0.114. The van der Waals surface area contributed by atoms with Crippen molar-refractivity contribution in [1.29, 1.82) is 0 Å². The average molecular weight is 143 g/mol. The molecule has 0 fully saturated rings. The van der Waals surface area contributed by atoms with E-state index in [0.717, 1.165) is 0 Å². The molecule has 0 radical (unpaired) electrons. The van der Waals surface area contributed by atoms with Gasteiger partial charge in [0, 0.05) is 6.92 Å². The highest BCUT2D eigenvalue weighted by atomic mass is 32.1. The lowest BCUT2D eigenvalue weighted by atomic mass is 10.7. The van der Waals surface area contributed by atoms with Crippen molar-refractivity contribution >= 4 is 23.4 Å². The van der Waals surface area contributed by atoms with Crippen molar-refractivity contribution < 1.29 is 4.79 Å². The van der Waals surface area contributed by atoms with Crippen molar-refractivity contribution in [2.45, 2.75) is 6.92 Å². The molecule has 48 valence electrons. The monoisotopic (exact) mass is 143 g/mol. The molecule has 5 heteroatoms. The summed E-state index contributed by atoms with van der Waals surface area (Å²) in [4.78, 5) is 14.1. The fraction of sp³-hybridized carbons (Fsp3) is 0.250. The molecule has 9 heavy (non-hydrogen) atoms. The van der Waals surface area contributed by atoms with Crippen LogP contribution in [0.15, 0.2) is 5.51 Å². The van der Waals surface area contributed by atoms with Crippen LogP contribution in [0.25, 0.3) is 0 Å². The van der Waals surface area contributed by atoms with Crippen LogP contribution in [0.3, 0.4) is 0 Å². The van der Waals surface area contributed by atoms with E-state index in [2.05, 4.69) is 14.7 Å². The highest BCUT2D eigenvalue weighted by Gasteiger charge is 1.95. The minimum absolute atomic E-state index is 0.145. The van der Waals surface area contributed by atoms with Crippen molar-refractivity contribution in [2.75, 3.05) is 5.32 Å². The standard InChI is InChI=1S/C4H5N3OS/c1-3(8)6-4-5-2-9-7-4/h2H,1H3,(H,6,7,8). The first kappa shape index (κ1) is 6.15. The van der Waals surface area contributed by atoms with Crippen LogP contribution in [-0.4, -0.2) is 15.3 Å². The zero-order chi connectivity index (χ0) is 6.69. The van der Waals surface area contributed by atoms with Crippen LogP contribution in [0.1, 0.15) is 6.92 Å². The molecule has 0 saturated heterocycles. The number of nitrogens with one attached hydrogen (secondary N) is 1. The Bertz CT molecular complexity index is 196. The summed E-state index contributed by atoms with van der Waals surface area (Å²) in [6, 6.07) is 0. The van der Waals surface area contributed by atoms with Gasteiger partial charge in [0.15, 0.2) is 0 Å². The Morgan fingerprint density at radius 2 is 2.67 bits per heavy atom. The quantitative estimate of drug-likeness (QED) is 0.622. The van der Waals surface area contributed by atoms with E-state index in [1.165, 1.54) is 18.5 Å². The van der Waals surface area contributed by atoms with Crippen molar-refractivity contribution in [3.8, 4) is 0 Å². The summed E-state index contributed by atoms with van der Waals surface area (Å²) in [6.45, 7) is 1.42. The molecule has 0 aromatic carbocycles. The normalized spacial score (nSPS) is 9.00. The maximum absolute atomic E-state index is 10.3. The van der Waals surface area contributed by atoms with Gasteiger partial charge in [-0.3, -0.25) is 10.1 Å². The molecule has 0 saturated carbocycles. The number of hydrogen-bond acceptors (Lipinski definition) is 4. The number of carbonyl (C=O) groups excluding carboxylic acids is 1. The van der Waals surface area contributed by atoms with Gasteiger partial charge in [-0.05, 0) is 11.5 Å². The molecule has 0 aliphatic rings. The fourth-order valence-electron chi connectivity index (χ4n) is 0.383. The van der Waals surface area contributed by atoms with Crippen LogP contribution >= 0.6 is 11.5 Å². The number of aromatic nitrogens is 2. The summed E-state index contributed by atoms with van der Waals surface area (Å²) < 4.78 is 3.76. The van der Waals surface area contributed by atoms with Crippen LogP contribution in [0, 0.1) is 0 Å². The second kappa shape index (κ2) is 2.54. The summed E-state index contributed by atoms with van der Waals surface area (Å²) in [5.74, 6) is 0.237. The summed E-state index contributed by atoms with van der Waals surface area (Å²) in [6.07, 6.45) is 0. The van der Waals surface area contributed by atoms with E-state index in [0.29, 0.717) is 5.95 Å². The van der Waals surface area contributed by atoms with E-state index in [1.54, 1.807) is 5.51 Å². The van der Waals surface area contributed by atoms with Crippen molar-refractivity contribution in [2.24, 2.45) is 0 Å². The zero-order valence-corrected chi connectivity index (χ0v) is 5.60. The topological polar surface area (TPSA) is 54.9 Å². The Balaban J connectivity index is 2.58. The number of hydrogen-bond donors (Lipinski definition) is 1. The number of anilines is 1. The van der Waals surface area contributed by atoms with Crippen molar-refractivity contribution in [3.05, 3.63) is 5.51 Å². The predicted molar refractivity (Wildman–Crippen MR) is 34.2 cm³/mol. The highest BCUT2D eigenvalue weighted by Crippen LogP contribution is 1.98. The molecule has 1 N–H and O–H groups in total. The van der Waals surface area contributed by atoms with Gasteiger partial charge in [-0.15, -0.1) is 0 Å². The molecule has 0 aliphatic carbocycles. The second-order valence-corrected chi connectivity index (χ2v) is 2.04. The summed E-state index contributed by atoms with van der Waals surface area (Å²) in [5, 5.41) is 2.43. The Morgan fingerprint density at radius 1 is 1.89 bits per heavy atom. The molecule has 4 nitrogen and oxygen atoms in total. The number of rotatable bonds is 1. The molecular formula is C4H5N3OS. The summed E-state index contributed by atoms with van der Waals surface area (Å²) in [5.41, 5.74) is 1.56. The maximum atomic E-state index is 10.3. The van der Waals surface area contributed by atoms with Gasteiger partial charge < -0.3 is 0 Å². The second-order valence-electron chi connectivity index (χ2n) is 1.44. The van der Waals surface area contributed by atoms with E-state index in [4.69, 9.17) is 0 Å². The lowest BCUT2D eigenvalue weighted by Gasteiger charge is -1.89. The number of carbonyl (C=O) groups is 1. The highest BCUT2D eigenvalue weighted by molar-refractivity contribution is 7.03. The third kappa shape index (κ3) is 1.77. The van der Waals surface area contributed by atoms with Gasteiger partial charge in [-0.1, -0.05) is 0 Å². The molecule has 1 aromatic rings. The molecule has 0 bridgehead atoms. The predicted octanol–water partition coefficient (Wildman–Crippen LogP) is 0.496. The SMILES string of the molecule is CC(=O)Nc1ncsn1. The summed E-state index contributed by atoms with van der Waals surface area (Å²) in [7, 11) is 0. The van der Waals surface area contributed by atoms with Crippen LogP contribution in [-0.2, 0) is 4.79 Å². The third-order valence-electron chi connectivity index (χ3n) is 0.649. The average Bonchev–Trinajstić information content (AvgIpc) is 2.15. The van der Waals surface area contributed by atoms with Crippen LogP contribution < -0.4 is 5.32 Å². The molecule has 1 rings (SSSR count). The Hall–Kier alpha value is -0.970. The van der Waals surface area contributed by atoms with E-state index in [1.807, 2.05) is 0 Å². The van der Waals surface area contributed by atoms with Gasteiger partial charge in [-0.25, -0.2) is 4.98 Å². The Kier molecular flexibility index (Phi) is 1.74. The van der Waals surface area contributed by atoms with Crippen LogP contribution in [0.5, 0.6) is 0 Å². The number of nitrogens with zero attached hydrogens (tertiary/aromatic N) is 2. The van der Waals surface area contributed by atoms with Crippen molar-refractivity contribution in [1.82, 2.24) is 9.36 Å². The van der Waals surface area contributed by atoms with Gasteiger partial charge in [0.1, 0.15) is 5.51 Å². The first-order valence-electron chi connectivity index (χ1n) is 2.33. The van der Waals surface area contributed by atoms with Crippen LogP contribution in [0.2, 0.25) is 0 Å². The molecule has 1 heterocycles. The van der Waals surface area contributed by atoms with Gasteiger partial charge in [0.05, 0.1) is 0 Å². The Morgan fingerprint density at radius 3 is 3.11 bits per heavy atom. The van der Waals surface area contributed by atoms with E-state index in [-0.39, 0.29) is 5.91 Å². The molecule has 0 spiro atoms. The van der Waals surface area contributed by atoms with E-state index in [9.17, 15) is 4.79 Å². The Labute approximate surface area is 56.1 Å². The maximum Gasteiger partial charge on any atom is 0.241 e. The first-order chi connectivity index (χ1) is 4.29. The largest absolute Gasteiger partial charge is 0.294 e. The molecule has 1 amide bonds. The smallest absolute Gasteiger partial charge is 0.241 e. The third-order valence-corrected chi connectivity index (χ3v) is 1.13. The van der Waals surface area contributed by atoms with Gasteiger partial charge >= 0.3 is 0 Å². The minimum Gasteiger partial charge on any atom is -0.294 e. The number of amides is 1. The molecule has 0 unspecified atom stereocenters. The molecule has 0 atom stereocenters. The van der Waals surface area contributed by atoms with E-state index < -0.39 is 0 Å². The van der Waals surface area contributed by atoms with Crippen LogP contribution in [0.4, 0.5) is 5.95 Å². The van der Waals surface area contributed by atoms with Gasteiger partial charge in [0.25, 0.3) is 0 Å². The molecule has 1 aromatic heterocycles. The zero-order valence-electron chi connectivity index (χ0n) is 4.79.